The van der Waals surface area contributed by atoms with Crippen LogP contribution in [0.1, 0.15) is 30.4 Å². The number of aromatic nitrogens is 2. The summed E-state index contributed by atoms with van der Waals surface area (Å²) in [6.07, 6.45) is 10.0. The lowest BCUT2D eigenvalue weighted by Crippen LogP contribution is -2.15. The van der Waals surface area contributed by atoms with Gasteiger partial charge in [0.1, 0.15) is 0 Å². The molecule has 27 heavy (non-hydrogen) atoms. The Morgan fingerprint density at radius 2 is 1.74 bits per heavy atom. The predicted molar refractivity (Wildman–Crippen MR) is 114 cm³/mol. The van der Waals surface area contributed by atoms with Gasteiger partial charge in [0.05, 0.1) is 19.0 Å². The second kappa shape index (κ2) is 10.6. The van der Waals surface area contributed by atoms with Gasteiger partial charge in [0, 0.05) is 28.4 Å². The summed E-state index contributed by atoms with van der Waals surface area (Å²) in [5.74, 6) is 0. The molecule has 0 radical (unpaired) electrons. The lowest BCUT2D eigenvalue weighted by molar-refractivity contribution is 0.0277. The van der Waals surface area contributed by atoms with Crippen molar-refractivity contribution in [2.24, 2.45) is 0 Å². The van der Waals surface area contributed by atoms with Crippen molar-refractivity contribution < 1.29 is 4.74 Å². The van der Waals surface area contributed by atoms with Crippen LogP contribution in [0.3, 0.4) is 0 Å². The molecule has 3 nitrogen and oxygen atoms in total. The molecule has 5 heteroatoms. The lowest BCUT2D eigenvalue weighted by atomic mass is 10.0. The van der Waals surface area contributed by atoms with Gasteiger partial charge >= 0.3 is 0 Å². The van der Waals surface area contributed by atoms with Crippen LogP contribution in [0.4, 0.5) is 0 Å². The fraction of sp³-hybridized carbons (Fsp3) is 0.318. The zero-order valence-electron chi connectivity index (χ0n) is 15.2. The monoisotopic (exact) mass is 446 g/mol. The van der Waals surface area contributed by atoms with E-state index in [0.29, 0.717) is 6.61 Å². The molecule has 2 aromatic carbocycles. The van der Waals surface area contributed by atoms with E-state index in [9.17, 15) is 0 Å². The summed E-state index contributed by atoms with van der Waals surface area (Å²) in [5, 5.41) is 0.780. The molecule has 0 aliphatic carbocycles. The van der Waals surface area contributed by atoms with Gasteiger partial charge < -0.3 is 9.30 Å². The number of rotatable bonds is 10. The molecule has 3 rings (SSSR count). The van der Waals surface area contributed by atoms with Crippen LogP contribution >= 0.6 is 27.5 Å². The number of aryl methyl sites for hydroxylation is 2. The van der Waals surface area contributed by atoms with Crippen LogP contribution in [-0.4, -0.2) is 15.7 Å². The fourth-order valence-corrected chi connectivity index (χ4v) is 3.40. The van der Waals surface area contributed by atoms with Crippen molar-refractivity contribution in [3.05, 3.63) is 87.9 Å². The molecule has 0 amide bonds. The van der Waals surface area contributed by atoms with Gasteiger partial charge in [-0.25, -0.2) is 4.98 Å². The van der Waals surface area contributed by atoms with Crippen molar-refractivity contribution in [1.29, 1.82) is 0 Å². The Morgan fingerprint density at radius 1 is 1.00 bits per heavy atom. The second-order valence-corrected chi connectivity index (χ2v) is 8.02. The van der Waals surface area contributed by atoms with Crippen molar-refractivity contribution in [1.82, 2.24) is 9.55 Å². The number of benzene rings is 2. The van der Waals surface area contributed by atoms with Crippen molar-refractivity contribution >= 4 is 27.5 Å². The van der Waals surface area contributed by atoms with Crippen LogP contribution < -0.4 is 0 Å². The molecule has 0 bridgehead atoms. The summed E-state index contributed by atoms with van der Waals surface area (Å²) in [5.41, 5.74) is 2.50. The Labute approximate surface area is 174 Å². The number of nitrogens with zero attached hydrogens (tertiary/aromatic N) is 2. The van der Waals surface area contributed by atoms with E-state index in [1.54, 1.807) is 0 Å². The highest BCUT2D eigenvalue weighted by Crippen LogP contribution is 2.18. The fourth-order valence-electron chi connectivity index (χ4n) is 3.00. The van der Waals surface area contributed by atoms with E-state index in [1.807, 2.05) is 30.9 Å². The maximum Gasteiger partial charge on any atom is 0.0945 e. The first-order chi connectivity index (χ1) is 13.2. The summed E-state index contributed by atoms with van der Waals surface area (Å²) >= 11 is 9.46. The molecule has 1 atom stereocenters. The average Bonchev–Trinajstić information content (AvgIpc) is 3.19. The maximum atomic E-state index is 6.27. The normalized spacial score (nSPS) is 12.2. The smallest absolute Gasteiger partial charge is 0.0945 e. The van der Waals surface area contributed by atoms with Gasteiger partial charge in [-0.2, -0.15) is 0 Å². The summed E-state index contributed by atoms with van der Waals surface area (Å²) in [4.78, 5) is 4.10. The molecular formula is C22H24BrClN2O. The maximum absolute atomic E-state index is 6.27. The van der Waals surface area contributed by atoms with Gasteiger partial charge in [0.15, 0.2) is 0 Å². The number of ether oxygens (including phenoxy) is 1. The van der Waals surface area contributed by atoms with E-state index in [4.69, 9.17) is 16.3 Å². The van der Waals surface area contributed by atoms with Crippen molar-refractivity contribution in [3.63, 3.8) is 0 Å². The molecule has 0 N–H and O–H groups in total. The highest BCUT2D eigenvalue weighted by Gasteiger charge is 2.10. The van der Waals surface area contributed by atoms with E-state index >= 15 is 0 Å². The molecule has 0 fully saturated rings. The summed E-state index contributed by atoms with van der Waals surface area (Å²) < 4.78 is 9.47. The number of hydrogen-bond donors (Lipinski definition) is 0. The molecule has 0 saturated carbocycles. The first kappa shape index (κ1) is 20.1. The molecule has 1 unspecified atom stereocenters. The third kappa shape index (κ3) is 7.13. The van der Waals surface area contributed by atoms with Crippen LogP contribution in [0.25, 0.3) is 0 Å². The number of halogens is 2. The van der Waals surface area contributed by atoms with E-state index in [2.05, 4.69) is 61.9 Å². The third-order valence-electron chi connectivity index (χ3n) is 4.57. The summed E-state index contributed by atoms with van der Waals surface area (Å²) in [7, 11) is 0. The molecule has 3 aromatic rings. The van der Waals surface area contributed by atoms with Gasteiger partial charge in [-0.15, -0.1) is 0 Å². The zero-order chi connectivity index (χ0) is 18.9. The average molecular weight is 448 g/mol. The van der Waals surface area contributed by atoms with Crippen LogP contribution in [0.15, 0.2) is 71.7 Å². The van der Waals surface area contributed by atoms with Gasteiger partial charge in [0.25, 0.3) is 0 Å². The Balaban J connectivity index is 1.52. The van der Waals surface area contributed by atoms with E-state index in [1.165, 1.54) is 11.1 Å². The van der Waals surface area contributed by atoms with Gasteiger partial charge in [-0.3, -0.25) is 0 Å². The van der Waals surface area contributed by atoms with Crippen LogP contribution in [0, 0.1) is 0 Å². The van der Waals surface area contributed by atoms with E-state index < -0.39 is 0 Å². The van der Waals surface area contributed by atoms with Crippen LogP contribution in [0.2, 0.25) is 5.02 Å². The molecule has 0 spiro atoms. The standard InChI is InChI=1S/C22H24BrClN2O/c23-20-8-3-19(4-9-20)16-27-22(2-1-14-26-15-13-25-17-26)12-7-18-5-10-21(24)11-6-18/h3-6,8-11,13,15,17,22H,1-2,7,12,14,16H2. The quantitative estimate of drug-likeness (QED) is 0.365. The largest absolute Gasteiger partial charge is 0.374 e. The Kier molecular flexibility index (Phi) is 7.93. The minimum Gasteiger partial charge on any atom is -0.374 e. The van der Waals surface area contributed by atoms with Gasteiger partial charge in [-0.1, -0.05) is 51.8 Å². The molecule has 0 aliphatic heterocycles. The first-order valence-electron chi connectivity index (χ1n) is 9.25. The van der Waals surface area contributed by atoms with Gasteiger partial charge in [-0.05, 0) is 61.1 Å². The molecule has 1 heterocycles. The molecule has 142 valence electrons. The molecule has 1 aromatic heterocycles. The second-order valence-electron chi connectivity index (χ2n) is 6.67. The highest BCUT2D eigenvalue weighted by atomic mass is 79.9. The van der Waals surface area contributed by atoms with Crippen LogP contribution in [-0.2, 0) is 24.3 Å². The Bertz CT molecular complexity index is 739. The lowest BCUT2D eigenvalue weighted by Gasteiger charge is -2.18. The predicted octanol–water partition coefficient (Wildman–Crippen LogP) is 6.30. The van der Waals surface area contributed by atoms with Crippen molar-refractivity contribution in [2.75, 3.05) is 0 Å². The number of hydrogen-bond acceptors (Lipinski definition) is 2. The first-order valence-corrected chi connectivity index (χ1v) is 10.4. The van der Waals surface area contributed by atoms with E-state index in [-0.39, 0.29) is 6.10 Å². The Morgan fingerprint density at radius 3 is 2.44 bits per heavy atom. The minimum absolute atomic E-state index is 0.229. The zero-order valence-corrected chi connectivity index (χ0v) is 17.6. The molecule has 0 aliphatic rings. The number of imidazole rings is 1. The van der Waals surface area contributed by atoms with Gasteiger partial charge in [0.2, 0.25) is 0 Å². The minimum atomic E-state index is 0.229. The summed E-state index contributed by atoms with van der Waals surface area (Å²) in [6.45, 7) is 1.61. The topological polar surface area (TPSA) is 27.1 Å². The van der Waals surface area contributed by atoms with E-state index in [0.717, 1.165) is 41.7 Å². The molecular weight excluding hydrogens is 424 g/mol. The third-order valence-corrected chi connectivity index (χ3v) is 5.35. The highest BCUT2D eigenvalue weighted by molar-refractivity contribution is 9.10. The van der Waals surface area contributed by atoms with Crippen LogP contribution in [0.5, 0.6) is 0 Å². The molecule has 0 saturated heterocycles. The summed E-state index contributed by atoms with van der Waals surface area (Å²) in [6, 6.07) is 16.4. The van der Waals surface area contributed by atoms with Crippen molar-refractivity contribution in [2.45, 2.75) is 44.9 Å². The van der Waals surface area contributed by atoms with Crippen molar-refractivity contribution in [3.8, 4) is 0 Å². The Hall–Kier alpha value is -1.62. The SMILES string of the molecule is Clc1ccc(CCC(CCCn2ccnc2)OCc2ccc(Br)cc2)cc1.